The molecule has 136 valence electrons. The van der Waals surface area contributed by atoms with Gasteiger partial charge in [0.2, 0.25) is 11.8 Å². The molecule has 2 N–H and O–H groups in total. The van der Waals surface area contributed by atoms with Gasteiger partial charge in [0, 0.05) is 6.54 Å². The van der Waals surface area contributed by atoms with Crippen molar-refractivity contribution < 1.29 is 19.1 Å². The van der Waals surface area contributed by atoms with Gasteiger partial charge in [0.15, 0.2) is 11.5 Å². The number of nitrogens with zero attached hydrogens (tertiary/aromatic N) is 2. The van der Waals surface area contributed by atoms with E-state index < -0.39 is 0 Å². The molecule has 0 bridgehead atoms. The van der Waals surface area contributed by atoms with E-state index in [1.807, 2.05) is 34.1 Å². The Bertz CT molecular complexity index is 631. The van der Waals surface area contributed by atoms with Gasteiger partial charge in [-0.25, -0.2) is 0 Å². The van der Waals surface area contributed by atoms with Crippen LogP contribution in [0, 0.1) is 5.92 Å². The van der Waals surface area contributed by atoms with Crippen LogP contribution in [0.25, 0.3) is 0 Å². The van der Waals surface area contributed by atoms with Crippen LogP contribution in [0.1, 0.15) is 12.8 Å². The van der Waals surface area contributed by atoms with Gasteiger partial charge in [-0.1, -0.05) is 12.1 Å². The van der Waals surface area contributed by atoms with Gasteiger partial charge in [-0.2, -0.15) is 0 Å². The number of hydrogen-bond acceptors (Lipinski definition) is 5. The summed E-state index contributed by atoms with van der Waals surface area (Å²) in [6.07, 6.45) is 1.77. The van der Waals surface area contributed by atoms with E-state index >= 15 is 0 Å². The van der Waals surface area contributed by atoms with E-state index in [-0.39, 0.29) is 30.4 Å². The van der Waals surface area contributed by atoms with Gasteiger partial charge in [-0.15, -0.1) is 0 Å². The molecule has 3 rings (SSSR count). The van der Waals surface area contributed by atoms with Crippen LogP contribution in [0.2, 0.25) is 0 Å². The molecule has 0 aromatic heterocycles. The fourth-order valence-electron chi connectivity index (χ4n) is 3.47. The molecule has 7 nitrogen and oxygen atoms in total. The standard InChI is InChI=1S/C18H25N3O4/c1-24-15-6-2-3-7-16(15)25-14-10-21(11-14)18(23)13-5-4-8-20(9-13)12-17(19)22/h2-3,6-7,13-14H,4-5,8-12H2,1H3,(H2,19,22)/t13-/m1/s1. The average molecular weight is 347 g/mol. The fourth-order valence-corrected chi connectivity index (χ4v) is 3.47. The molecule has 2 saturated heterocycles. The third-order valence-electron chi connectivity index (χ3n) is 4.76. The van der Waals surface area contributed by atoms with Crippen molar-refractivity contribution in [2.24, 2.45) is 11.7 Å². The predicted octanol–water partition coefficient (Wildman–Crippen LogP) is 0.482. The zero-order valence-corrected chi connectivity index (χ0v) is 14.5. The van der Waals surface area contributed by atoms with Crippen LogP contribution in [0.4, 0.5) is 0 Å². The molecule has 0 unspecified atom stereocenters. The Morgan fingerprint density at radius 2 is 1.92 bits per heavy atom. The number of nitrogens with two attached hydrogens (primary N) is 1. The van der Waals surface area contributed by atoms with Gasteiger partial charge in [0.25, 0.3) is 0 Å². The highest BCUT2D eigenvalue weighted by atomic mass is 16.5. The van der Waals surface area contributed by atoms with E-state index in [2.05, 4.69) is 0 Å². The van der Waals surface area contributed by atoms with Crippen molar-refractivity contribution in [3.8, 4) is 11.5 Å². The first-order chi connectivity index (χ1) is 12.1. The zero-order chi connectivity index (χ0) is 17.8. The fraction of sp³-hybridized carbons (Fsp3) is 0.556. The number of carbonyl (C=O) groups is 2. The zero-order valence-electron chi connectivity index (χ0n) is 14.5. The number of benzene rings is 1. The Kier molecular flexibility index (Phi) is 5.43. The molecule has 1 atom stereocenters. The average Bonchev–Trinajstić information content (AvgIpc) is 2.57. The Hall–Kier alpha value is -2.28. The van der Waals surface area contributed by atoms with Crippen molar-refractivity contribution in [2.45, 2.75) is 18.9 Å². The lowest BCUT2D eigenvalue weighted by atomic mass is 9.95. The number of piperidine rings is 1. The van der Waals surface area contributed by atoms with Gasteiger partial charge < -0.3 is 20.1 Å². The second-order valence-electron chi connectivity index (χ2n) is 6.67. The maximum absolute atomic E-state index is 12.6. The minimum atomic E-state index is -0.345. The molecule has 1 aromatic carbocycles. The van der Waals surface area contributed by atoms with Crippen LogP contribution in [-0.2, 0) is 9.59 Å². The van der Waals surface area contributed by atoms with Crippen molar-refractivity contribution in [1.29, 1.82) is 0 Å². The SMILES string of the molecule is COc1ccccc1OC1CN(C(=O)[C@@H]2CCCN(CC(N)=O)C2)C1. The van der Waals surface area contributed by atoms with Gasteiger partial charge in [0.05, 0.1) is 32.7 Å². The third-order valence-corrected chi connectivity index (χ3v) is 4.76. The lowest BCUT2D eigenvalue weighted by Crippen LogP contribution is -2.59. The molecule has 0 saturated carbocycles. The first kappa shape index (κ1) is 17.5. The van der Waals surface area contributed by atoms with E-state index in [4.69, 9.17) is 15.2 Å². The number of rotatable bonds is 6. The molecular weight excluding hydrogens is 322 g/mol. The topological polar surface area (TPSA) is 85.1 Å². The second kappa shape index (κ2) is 7.74. The lowest BCUT2D eigenvalue weighted by Gasteiger charge is -2.42. The van der Waals surface area contributed by atoms with E-state index in [1.165, 1.54) is 0 Å². The summed E-state index contributed by atoms with van der Waals surface area (Å²) in [5.41, 5.74) is 5.25. The van der Waals surface area contributed by atoms with E-state index in [0.717, 1.165) is 19.4 Å². The largest absolute Gasteiger partial charge is 0.493 e. The number of likely N-dealkylation sites (tertiary alicyclic amines) is 2. The van der Waals surface area contributed by atoms with Crippen LogP contribution >= 0.6 is 0 Å². The summed E-state index contributed by atoms with van der Waals surface area (Å²) in [5, 5.41) is 0. The van der Waals surface area contributed by atoms with Crippen molar-refractivity contribution >= 4 is 11.8 Å². The molecule has 0 aliphatic carbocycles. The first-order valence-corrected chi connectivity index (χ1v) is 8.66. The Morgan fingerprint density at radius 3 is 2.60 bits per heavy atom. The summed E-state index contributed by atoms with van der Waals surface area (Å²) in [6, 6.07) is 7.51. The van der Waals surface area contributed by atoms with Gasteiger partial charge >= 0.3 is 0 Å². The van der Waals surface area contributed by atoms with E-state index in [9.17, 15) is 9.59 Å². The van der Waals surface area contributed by atoms with E-state index in [1.54, 1.807) is 7.11 Å². The highest BCUT2D eigenvalue weighted by Crippen LogP contribution is 2.29. The molecule has 2 aliphatic rings. The number of methoxy groups -OCH3 is 1. The second-order valence-corrected chi connectivity index (χ2v) is 6.67. The Morgan fingerprint density at radius 1 is 1.20 bits per heavy atom. The summed E-state index contributed by atoms with van der Waals surface area (Å²) in [5.74, 6) is 1.14. The minimum absolute atomic E-state index is 0.00874. The lowest BCUT2D eigenvalue weighted by molar-refractivity contribution is -0.146. The first-order valence-electron chi connectivity index (χ1n) is 8.66. The molecule has 2 amide bonds. The summed E-state index contributed by atoms with van der Waals surface area (Å²) in [4.78, 5) is 27.5. The summed E-state index contributed by atoms with van der Waals surface area (Å²) < 4.78 is 11.2. The third kappa shape index (κ3) is 4.22. The molecule has 2 aliphatic heterocycles. The molecule has 2 fully saturated rings. The maximum Gasteiger partial charge on any atom is 0.231 e. The smallest absolute Gasteiger partial charge is 0.231 e. The number of primary amides is 1. The maximum atomic E-state index is 12.6. The summed E-state index contributed by atoms with van der Waals surface area (Å²) in [6.45, 7) is 2.83. The molecule has 0 spiro atoms. The number of amides is 2. The number of ether oxygens (including phenoxy) is 2. The normalized spacial score (nSPS) is 21.5. The minimum Gasteiger partial charge on any atom is -0.493 e. The Balaban J connectivity index is 1.48. The van der Waals surface area contributed by atoms with Crippen LogP contribution in [-0.4, -0.2) is 67.6 Å². The van der Waals surface area contributed by atoms with Crippen molar-refractivity contribution in [3.63, 3.8) is 0 Å². The van der Waals surface area contributed by atoms with Crippen molar-refractivity contribution in [1.82, 2.24) is 9.80 Å². The molecule has 1 aromatic rings. The van der Waals surface area contributed by atoms with Crippen LogP contribution < -0.4 is 15.2 Å². The Labute approximate surface area is 147 Å². The van der Waals surface area contributed by atoms with Gasteiger partial charge in [-0.05, 0) is 31.5 Å². The van der Waals surface area contributed by atoms with Crippen molar-refractivity contribution in [3.05, 3.63) is 24.3 Å². The quantitative estimate of drug-likeness (QED) is 0.809. The molecule has 25 heavy (non-hydrogen) atoms. The molecule has 2 heterocycles. The number of hydrogen-bond donors (Lipinski definition) is 1. The van der Waals surface area contributed by atoms with Crippen LogP contribution in [0.3, 0.4) is 0 Å². The van der Waals surface area contributed by atoms with E-state index in [0.29, 0.717) is 31.1 Å². The van der Waals surface area contributed by atoms with Gasteiger partial charge in [-0.3, -0.25) is 14.5 Å². The van der Waals surface area contributed by atoms with Crippen LogP contribution in [0.5, 0.6) is 11.5 Å². The molecular formula is C18H25N3O4. The number of para-hydroxylation sites is 2. The highest BCUT2D eigenvalue weighted by Gasteiger charge is 2.37. The summed E-state index contributed by atoms with van der Waals surface area (Å²) in [7, 11) is 1.61. The monoisotopic (exact) mass is 347 g/mol. The van der Waals surface area contributed by atoms with Crippen molar-refractivity contribution in [2.75, 3.05) is 39.8 Å². The summed E-state index contributed by atoms with van der Waals surface area (Å²) >= 11 is 0. The number of carbonyl (C=O) groups excluding carboxylic acids is 2. The van der Waals surface area contributed by atoms with Gasteiger partial charge in [0.1, 0.15) is 6.10 Å². The molecule has 7 heteroatoms. The predicted molar refractivity (Wildman–Crippen MR) is 92.3 cm³/mol. The molecule has 0 radical (unpaired) electrons. The highest BCUT2D eigenvalue weighted by molar-refractivity contribution is 5.80. The van der Waals surface area contributed by atoms with Crippen LogP contribution in [0.15, 0.2) is 24.3 Å².